The summed E-state index contributed by atoms with van der Waals surface area (Å²) in [4.78, 5) is 27.1. The Labute approximate surface area is 162 Å². The number of hydrogen-bond acceptors (Lipinski definition) is 3. The van der Waals surface area contributed by atoms with Crippen LogP contribution in [0.15, 0.2) is 24.3 Å². The van der Waals surface area contributed by atoms with Crippen molar-refractivity contribution in [1.29, 1.82) is 0 Å². The molecule has 28 heavy (non-hydrogen) atoms. The molecule has 2 fully saturated rings. The average molecular weight is 397 g/mol. The molecule has 0 bridgehead atoms. The molecule has 154 valence electrons. The van der Waals surface area contributed by atoms with Gasteiger partial charge in [-0.25, -0.2) is 0 Å². The fraction of sp³-hybridized carbons (Fsp3) is 0.600. The highest BCUT2D eigenvalue weighted by Gasteiger charge is 2.47. The zero-order chi connectivity index (χ0) is 20.3. The summed E-state index contributed by atoms with van der Waals surface area (Å²) in [6, 6.07) is 7.01. The van der Waals surface area contributed by atoms with Crippen LogP contribution < -0.4 is 5.32 Å². The Hall–Kier alpha value is -2.09. The van der Waals surface area contributed by atoms with E-state index < -0.39 is 24.0 Å². The Balaban J connectivity index is 1.67. The van der Waals surface area contributed by atoms with Gasteiger partial charge in [0.15, 0.2) is 0 Å². The minimum absolute atomic E-state index is 0.0276. The normalized spacial score (nSPS) is 21.7. The minimum Gasteiger partial charge on any atom is -0.352 e. The molecule has 0 aliphatic carbocycles. The van der Waals surface area contributed by atoms with E-state index in [0.29, 0.717) is 17.9 Å². The fourth-order valence-corrected chi connectivity index (χ4v) is 4.06. The maximum atomic E-state index is 12.8. The van der Waals surface area contributed by atoms with Crippen molar-refractivity contribution < 1.29 is 22.8 Å². The van der Waals surface area contributed by atoms with Crippen molar-refractivity contribution in [1.82, 2.24) is 15.1 Å². The molecule has 8 heteroatoms. The molecule has 2 unspecified atom stereocenters. The van der Waals surface area contributed by atoms with Crippen LogP contribution in [0.4, 0.5) is 13.2 Å². The van der Waals surface area contributed by atoms with Crippen molar-refractivity contribution in [3.8, 4) is 0 Å². The van der Waals surface area contributed by atoms with Crippen molar-refractivity contribution in [2.45, 2.75) is 50.9 Å². The van der Waals surface area contributed by atoms with E-state index in [0.717, 1.165) is 37.1 Å². The van der Waals surface area contributed by atoms with E-state index in [2.05, 4.69) is 10.2 Å². The second-order valence-corrected chi connectivity index (χ2v) is 7.57. The first-order valence-electron chi connectivity index (χ1n) is 9.73. The van der Waals surface area contributed by atoms with Gasteiger partial charge in [-0.15, -0.1) is 0 Å². The first kappa shape index (κ1) is 20.6. The molecule has 2 aliphatic heterocycles. The standard InChI is InChI=1S/C20H26F3N3O2/c1-14-6-8-15(9-7-14)17(25-10-2-3-11-25)13-24-18(27)16-5-4-12-26(16)19(28)20(21,22)23/h6-9,16-17H,2-5,10-13H2,1H3,(H,24,27). The molecule has 0 saturated carbocycles. The van der Waals surface area contributed by atoms with Gasteiger partial charge in [-0.05, 0) is 51.3 Å². The number of hydrogen-bond donors (Lipinski definition) is 1. The summed E-state index contributed by atoms with van der Waals surface area (Å²) < 4.78 is 38.3. The lowest BCUT2D eigenvalue weighted by molar-refractivity contribution is -0.186. The van der Waals surface area contributed by atoms with Gasteiger partial charge in [0.25, 0.3) is 0 Å². The number of amides is 2. The Bertz CT molecular complexity index is 700. The van der Waals surface area contributed by atoms with Crippen molar-refractivity contribution in [2.75, 3.05) is 26.2 Å². The van der Waals surface area contributed by atoms with E-state index >= 15 is 0 Å². The molecule has 2 saturated heterocycles. The smallest absolute Gasteiger partial charge is 0.352 e. The number of benzene rings is 1. The van der Waals surface area contributed by atoms with Gasteiger partial charge >= 0.3 is 12.1 Å². The Morgan fingerprint density at radius 3 is 2.36 bits per heavy atom. The van der Waals surface area contributed by atoms with Crippen molar-refractivity contribution >= 4 is 11.8 Å². The molecular weight excluding hydrogens is 371 g/mol. The second-order valence-electron chi connectivity index (χ2n) is 7.57. The minimum atomic E-state index is -4.96. The summed E-state index contributed by atoms with van der Waals surface area (Å²) >= 11 is 0. The SMILES string of the molecule is Cc1ccc(C(CNC(=O)C2CCCN2C(=O)C(F)(F)F)N2CCCC2)cc1. The number of rotatable bonds is 5. The molecule has 2 heterocycles. The van der Waals surface area contributed by atoms with E-state index in [-0.39, 0.29) is 19.0 Å². The number of aryl methyl sites for hydroxylation is 1. The first-order chi connectivity index (χ1) is 13.3. The van der Waals surface area contributed by atoms with Crippen molar-refractivity contribution in [2.24, 2.45) is 0 Å². The lowest BCUT2D eigenvalue weighted by atomic mass is 10.0. The maximum absolute atomic E-state index is 12.8. The summed E-state index contributed by atoms with van der Waals surface area (Å²) in [6.45, 7) is 4.13. The van der Waals surface area contributed by atoms with Crippen LogP contribution in [0.25, 0.3) is 0 Å². The predicted octanol–water partition coefficient (Wildman–Crippen LogP) is 2.80. The monoisotopic (exact) mass is 397 g/mol. The van der Waals surface area contributed by atoms with E-state index in [1.54, 1.807) is 0 Å². The number of carbonyl (C=O) groups is 2. The number of alkyl halides is 3. The number of nitrogens with one attached hydrogen (secondary N) is 1. The van der Waals surface area contributed by atoms with Gasteiger partial charge < -0.3 is 10.2 Å². The second kappa shape index (κ2) is 8.51. The van der Waals surface area contributed by atoms with Gasteiger partial charge in [-0.3, -0.25) is 14.5 Å². The molecule has 5 nitrogen and oxygen atoms in total. The average Bonchev–Trinajstić information content (AvgIpc) is 3.33. The predicted molar refractivity (Wildman–Crippen MR) is 98.5 cm³/mol. The molecule has 2 aliphatic rings. The molecule has 2 amide bonds. The Morgan fingerprint density at radius 1 is 1.11 bits per heavy atom. The van der Waals surface area contributed by atoms with Crippen LogP contribution in [0.3, 0.4) is 0 Å². The van der Waals surface area contributed by atoms with Crippen LogP contribution in [0.2, 0.25) is 0 Å². The molecule has 0 aromatic heterocycles. The third-order valence-electron chi connectivity index (χ3n) is 5.57. The van der Waals surface area contributed by atoms with Gasteiger partial charge in [0.1, 0.15) is 6.04 Å². The molecular formula is C20H26F3N3O2. The zero-order valence-electron chi connectivity index (χ0n) is 16.0. The van der Waals surface area contributed by atoms with Gasteiger partial charge in [0, 0.05) is 13.1 Å². The van der Waals surface area contributed by atoms with Gasteiger partial charge in [-0.2, -0.15) is 13.2 Å². The molecule has 0 spiro atoms. The van der Waals surface area contributed by atoms with E-state index in [1.807, 2.05) is 31.2 Å². The van der Waals surface area contributed by atoms with Crippen LogP contribution in [-0.4, -0.2) is 60.0 Å². The molecule has 1 aromatic rings. The van der Waals surface area contributed by atoms with Crippen molar-refractivity contribution in [3.63, 3.8) is 0 Å². The van der Waals surface area contributed by atoms with Gasteiger partial charge in [0.2, 0.25) is 5.91 Å². The zero-order valence-corrected chi connectivity index (χ0v) is 16.0. The topological polar surface area (TPSA) is 52.7 Å². The summed E-state index contributed by atoms with van der Waals surface area (Å²) in [6.07, 6.45) is -2.12. The molecule has 1 aromatic carbocycles. The summed E-state index contributed by atoms with van der Waals surface area (Å²) in [5.74, 6) is -2.44. The van der Waals surface area contributed by atoms with E-state index in [9.17, 15) is 22.8 Å². The van der Waals surface area contributed by atoms with Crippen LogP contribution >= 0.6 is 0 Å². The highest BCUT2D eigenvalue weighted by molar-refractivity contribution is 5.90. The number of carbonyl (C=O) groups excluding carboxylic acids is 2. The largest absolute Gasteiger partial charge is 0.471 e. The van der Waals surface area contributed by atoms with Crippen LogP contribution in [0, 0.1) is 6.92 Å². The summed E-state index contributed by atoms with van der Waals surface area (Å²) in [7, 11) is 0. The van der Waals surface area contributed by atoms with Gasteiger partial charge in [-0.1, -0.05) is 29.8 Å². The van der Waals surface area contributed by atoms with E-state index in [1.165, 1.54) is 0 Å². The highest BCUT2D eigenvalue weighted by atomic mass is 19.4. The number of likely N-dealkylation sites (tertiary alicyclic amines) is 2. The lowest BCUT2D eigenvalue weighted by Crippen LogP contribution is -2.51. The van der Waals surface area contributed by atoms with Crippen LogP contribution in [0.1, 0.15) is 42.9 Å². The highest BCUT2D eigenvalue weighted by Crippen LogP contribution is 2.27. The Kier molecular flexibility index (Phi) is 6.27. The lowest BCUT2D eigenvalue weighted by Gasteiger charge is -2.30. The molecule has 3 rings (SSSR count). The first-order valence-corrected chi connectivity index (χ1v) is 9.73. The van der Waals surface area contributed by atoms with Gasteiger partial charge in [0.05, 0.1) is 6.04 Å². The Morgan fingerprint density at radius 2 is 1.75 bits per heavy atom. The van der Waals surface area contributed by atoms with Crippen molar-refractivity contribution in [3.05, 3.63) is 35.4 Å². The quantitative estimate of drug-likeness (QED) is 0.831. The summed E-state index contributed by atoms with van der Waals surface area (Å²) in [5.41, 5.74) is 2.21. The van der Waals surface area contributed by atoms with Crippen LogP contribution in [0.5, 0.6) is 0 Å². The molecule has 0 radical (unpaired) electrons. The molecule has 2 atom stereocenters. The third kappa shape index (κ3) is 4.66. The fourth-order valence-electron chi connectivity index (χ4n) is 4.06. The summed E-state index contributed by atoms with van der Waals surface area (Å²) in [5, 5.41) is 2.81. The number of halogens is 3. The third-order valence-corrected chi connectivity index (χ3v) is 5.57. The van der Waals surface area contributed by atoms with Crippen LogP contribution in [-0.2, 0) is 9.59 Å². The number of nitrogens with zero attached hydrogens (tertiary/aromatic N) is 2. The maximum Gasteiger partial charge on any atom is 0.471 e. The molecule has 1 N–H and O–H groups in total. The van der Waals surface area contributed by atoms with E-state index in [4.69, 9.17) is 0 Å².